The Morgan fingerprint density at radius 1 is 1.32 bits per heavy atom. The summed E-state index contributed by atoms with van der Waals surface area (Å²) >= 11 is 2.68. The lowest BCUT2D eigenvalue weighted by atomic mass is 10.2. The van der Waals surface area contributed by atoms with Crippen molar-refractivity contribution in [2.24, 2.45) is 4.99 Å². The van der Waals surface area contributed by atoms with Crippen molar-refractivity contribution >= 4 is 66.4 Å². The Labute approximate surface area is 170 Å². The zero-order chi connectivity index (χ0) is 20.1. The number of aliphatic imine (C=N–C) groups is 1. The molecule has 7 nitrogen and oxygen atoms in total. The maximum Gasteiger partial charge on any atom is 0.295 e. The highest BCUT2D eigenvalue weighted by Crippen LogP contribution is 2.27. The summed E-state index contributed by atoms with van der Waals surface area (Å²) in [6.07, 6.45) is 6.76. The lowest BCUT2D eigenvalue weighted by Gasteiger charge is -2.05. The highest BCUT2D eigenvalue weighted by Gasteiger charge is 2.15. The Bertz CT molecular complexity index is 1190. The number of para-hydroxylation sites is 1. The molecule has 0 aliphatic heterocycles. The first-order valence-electron chi connectivity index (χ1n) is 7.83. The van der Waals surface area contributed by atoms with Crippen molar-refractivity contribution in [2.45, 2.75) is 4.90 Å². The zero-order valence-corrected chi connectivity index (χ0v) is 17.0. The molecule has 0 spiro atoms. The molecule has 28 heavy (non-hydrogen) atoms. The van der Waals surface area contributed by atoms with E-state index in [1.54, 1.807) is 30.7 Å². The van der Waals surface area contributed by atoms with Crippen LogP contribution in [0.5, 0.6) is 0 Å². The van der Waals surface area contributed by atoms with Gasteiger partial charge in [0.15, 0.2) is 11.4 Å². The summed E-state index contributed by atoms with van der Waals surface area (Å²) in [6.45, 7) is 0. The number of fused-ring (bicyclic) bond motifs is 1. The third-order valence-electron chi connectivity index (χ3n) is 3.58. The van der Waals surface area contributed by atoms with Gasteiger partial charge in [-0.1, -0.05) is 36.0 Å². The third kappa shape index (κ3) is 4.76. The maximum absolute atomic E-state index is 11.8. The Morgan fingerprint density at radius 2 is 2.11 bits per heavy atom. The van der Waals surface area contributed by atoms with Crippen LogP contribution in [0, 0.1) is 11.5 Å². The minimum absolute atomic E-state index is 0.275. The molecule has 0 unspecified atom stereocenters. The highest BCUT2D eigenvalue weighted by molar-refractivity contribution is 8.13. The molecular weight excluding hydrogens is 416 g/mol. The third-order valence-corrected chi connectivity index (χ3v) is 6.07. The van der Waals surface area contributed by atoms with Gasteiger partial charge in [0, 0.05) is 0 Å². The number of nitrogens with one attached hydrogen (secondary N) is 1. The van der Waals surface area contributed by atoms with Crippen LogP contribution in [0.4, 0.5) is 5.69 Å². The summed E-state index contributed by atoms with van der Waals surface area (Å²) in [5.41, 5.74) is 1.46. The van der Waals surface area contributed by atoms with E-state index in [-0.39, 0.29) is 10.6 Å². The normalized spacial score (nSPS) is 12.4. The molecule has 3 aromatic rings. The Morgan fingerprint density at radius 3 is 2.79 bits per heavy atom. The first-order chi connectivity index (χ1) is 13.4. The van der Waals surface area contributed by atoms with Crippen molar-refractivity contribution in [1.82, 2.24) is 10.3 Å². The van der Waals surface area contributed by atoms with Crippen molar-refractivity contribution in [2.75, 3.05) is 6.26 Å². The summed E-state index contributed by atoms with van der Waals surface area (Å²) in [5, 5.41) is 12.1. The Hall–Kier alpha value is -2.71. The van der Waals surface area contributed by atoms with Gasteiger partial charge in [-0.15, -0.1) is 11.3 Å². The molecule has 2 N–H and O–H groups in total. The SMILES string of the molecule is CSC(=Nc1ccc(C=Cc2nc3ccccc3s2)c(S(=O)(=O)O)c1)NC#N. The molecule has 0 radical (unpaired) electrons. The molecule has 0 bridgehead atoms. The number of thiazole rings is 1. The summed E-state index contributed by atoms with van der Waals surface area (Å²) < 4.78 is 34.3. The maximum atomic E-state index is 11.8. The van der Waals surface area contributed by atoms with Crippen molar-refractivity contribution in [3.05, 3.63) is 53.0 Å². The van der Waals surface area contributed by atoms with Crippen LogP contribution >= 0.6 is 23.1 Å². The summed E-state index contributed by atoms with van der Waals surface area (Å²) in [7, 11) is -4.47. The number of nitriles is 1. The molecule has 2 aromatic carbocycles. The van der Waals surface area contributed by atoms with E-state index < -0.39 is 10.1 Å². The van der Waals surface area contributed by atoms with E-state index in [2.05, 4.69) is 15.3 Å². The minimum Gasteiger partial charge on any atom is -0.282 e. The average molecular weight is 431 g/mol. The van der Waals surface area contributed by atoms with E-state index in [9.17, 15) is 13.0 Å². The fourth-order valence-electron chi connectivity index (χ4n) is 2.37. The van der Waals surface area contributed by atoms with Gasteiger partial charge in [0.1, 0.15) is 9.90 Å². The monoisotopic (exact) mass is 430 g/mol. The molecule has 0 atom stereocenters. The van der Waals surface area contributed by atoms with E-state index in [4.69, 9.17) is 5.26 Å². The molecule has 142 valence electrons. The molecule has 0 saturated carbocycles. The second-order valence-electron chi connectivity index (χ2n) is 5.41. The number of rotatable bonds is 4. The van der Waals surface area contributed by atoms with Crippen molar-refractivity contribution in [3.8, 4) is 6.19 Å². The van der Waals surface area contributed by atoms with Gasteiger partial charge in [-0.05, 0) is 42.2 Å². The van der Waals surface area contributed by atoms with Gasteiger partial charge in [-0.3, -0.25) is 9.87 Å². The Kier molecular flexibility index (Phi) is 6.11. The van der Waals surface area contributed by atoms with Gasteiger partial charge in [-0.25, -0.2) is 9.98 Å². The zero-order valence-electron chi connectivity index (χ0n) is 14.5. The summed E-state index contributed by atoms with van der Waals surface area (Å²) in [4.78, 5) is 8.36. The minimum atomic E-state index is -4.47. The van der Waals surface area contributed by atoms with Crippen LogP contribution in [0.25, 0.3) is 22.4 Å². The Balaban J connectivity index is 1.99. The number of benzene rings is 2. The summed E-state index contributed by atoms with van der Waals surface area (Å²) in [6, 6.07) is 12.1. The predicted octanol–water partition coefficient (Wildman–Crippen LogP) is 4.13. The number of thioether (sulfide) groups is 1. The quantitative estimate of drug-likeness (QED) is 0.210. The molecule has 0 saturated heterocycles. The predicted molar refractivity (Wildman–Crippen MR) is 114 cm³/mol. The van der Waals surface area contributed by atoms with Crippen molar-refractivity contribution in [3.63, 3.8) is 0 Å². The van der Waals surface area contributed by atoms with Crippen LogP contribution in [0.3, 0.4) is 0 Å². The van der Waals surface area contributed by atoms with Gasteiger partial charge in [0.2, 0.25) is 0 Å². The van der Waals surface area contributed by atoms with Gasteiger partial charge >= 0.3 is 0 Å². The van der Waals surface area contributed by atoms with E-state index in [1.165, 1.54) is 35.2 Å². The molecule has 10 heteroatoms. The lowest BCUT2D eigenvalue weighted by molar-refractivity contribution is 0.483. The second-order valence-corrected chi connectivity index (χ2v) is 8.66. The van der Waals surface area contributed by atoms with Gasteiger partial charge in [0.05, 0.1) is 15.9 Å². The summed E-state index contributed by atoms with van der Waals surface area (Å²) in [5.74, 6) is 0. The number of hydrogen-bond donors (Lipinski definition) is 2. The largest absolute Gasteiger partial charge is 0.295 e. The second kappa shape index (κ2) is 8.53. The number of aromatic nitrogens is 1. The smallest absolute Gasteiger partial charge is 0.282 e. The molecular formula is C18H14N4O3S3. The van der Waals surface area contributed by atoms with Crippen LogP contribution in [-0.2, 0) is 10.1 Å². The van der Waals surface area contributed by atoms with Crippen LogP contribution in [0.1, 0.15) is 10.6 Å². The van der Waals surface area contributed by atoms with Gasteiger partial charge in [0.25, 0.3) is 10.1 Å². The number of nitrogens with zero attached hydrogens (tertiary/aromatic N) is 3. The fourth-order valence-corrected chi connectivity index (χ4v) is 4.28. The molecule has 1 aromatic heterocycles. The van der Waals surface area contributed by atoms with E-state index in [0.717, 1.165) is 10.2 Å². The molecule has 0 aliphatic rings. The van der Waals surface area contributed by atoms with Crippen LogP contribution in [-0.4, -0.2) is 29.4 Å². The van der Waals surface area contributed by atoms with Crippen molar-refractivity contribution < 1.29 is 13.0 Å². The molecule has 0 fully saturated rings. The first-order valence-corrected chi connectivity index (χ1v) is 11.3. The van der Waals surface area contributed by atoms with E-state index >= 15 is 0 Å². The van der Waals surface area contributed by atoms with Crippen LogP contribution < -0.4 is 5.32 Å². The van der Waals surface area contributed by atoms with Gasteiger partial charge < -0.3 is 0 Å². The first kappa shape index (κ1) is 20.0. The number of amidine groups is 1. The van der Waals surface area contributed by atoms with Gasteiger partial charge in [-0.2, -0.15) is 13.7 Å². The van der Waals surface area contributed by atoms with Crippen LogP contribution in [0.15, 0.2) is 52.4 Å². The lowest BCUT2D eigenvalue weighted by Crippen LogP contribution is -2.12. The van der Waals surface area contributed by atoms with E-state index in [1.807, 2.05) is 24.3 Å². The van der Waals surface area contributed by atoms with Crippen molar-refractivity contribution in [1.29, 1.82) is 5.26 Å². The highest BCUT2D eigenvalue weighted by atomic mass is 32.2. The standard InChI is InChI=1S/C18H14N4O3S3/c1-26-18(20-11-19)21-13-8-6-12(16(10-13)28(23,24)25)7-9-17-22-14-4-2-3-5-15(14)27-17/h2-10H,1H3,(H,20,21)(H,23,24,25). The molecule has 0 amide bonds. The topological polar surface area (TPSA) is 115 Å². The van der Waals surface area contributed by atoms with E-state index in [0.29, 0.717) is 15.7 Å². The molecule has 3 rings (SSSR count). The molecule has 1 heterocycles. The van der Waals surface area contributed by atoms with Crippen LogP contribution in [0.2, 0.25) is 0 Å². The fraction of sp³-hybridized carbons (Fsp3) is 0.0556. The number of hydrogen-bond acceptors (Lipinski definition) is 7. The molecule has 0 aliphatic carbocycles. The average Bonchev–Trinajstić information content (AvgIpc) is 3.08.